The first kappa shape index (κ1) is 23.8. The number of H-pyrrole nitrogens is 1. The first-order valence-electron chi connectivity index (χ1n) is 12.7. The van der Waals surface area contributed by atoms with E-state index in [1.807, 2.05) is 44.2 Å². The Bertz CT molecular complexity index is 1450. The minimum absolute atomic E-state index is 0.00937. The van der Waals surface area contributed by atoms with E-state index in [9.17, 15) is 4.79 Å². The Morgan fingerprint density at radius 3 is 2.33 bits per heavy atom. The average Bonchev–Trinajstić information content (AvgIpc) is 3.33. The van der Waals surface area contributed by atoms with E-state index in [0.29, 0.717) is 6.54 Å². The van der Waals surface area contributed by atoms with E-state index in [1.54, 1.807) is 0 Å². The van der Waals surface area contributed by atoms with E-state index in [-0.39, 0.29) is 23.9 Å². The van der Waals surface area contributed by atoms with Gasteiger partial charge in [0.05, 0.1) is 12.1 Å². The van der Waals surface area contributed by atoms with Crippen LogP contribution in [0.25, 0.3) is 21.7 Å². The Kier molecular flexibility index (Phi) is 7.15. The van der Waals surface area contributed by atoms with Crippen molar-refractivity contribution >= 4 is 27.6 Å². The quantitative estimate of drug-likeness (QED) is 0.228. The van der Waals surface area contributed by atoms with E-state index in [4.69, 9.17) is 0 Å². The first-order chi connectivity index (χ1) is 17.6. The highest BCUT2D eigenvalue weighted by atomic mass is 16.2. The lowest BCUT2D eigenvalue weighted by atomic mass is 9.88. The molecule has 0 radical (unpaired) electrons. The van der Waals surface area contributed by atoms with Crippen LogP contribution in [-0.2, 0) is 11.2 Å². The zero-order valence-electron chi connectivity index (χ0n) is 20.9. The largest absolute Gasteiger partial charge is 0.361 e. The molecule has 1 amide bonds. The lowest BCUT2D eigenvalue weighted by molar-refractivity contribution is -0.123. The summed E-state index contributed by atoms with van der Waals surface area (Å²) in [4.78, 5) is 16.4. The summed E-state index contributed by atoms with van der Waals surface area (Å²) in [6, 6.07) is 33.2. The highest BCUT2D eigenvalue weighted by Gasteiger charge is 2.21. The maximum Gasteiger partial charge on any atom is 0.237 e. The Labute approximate surface area is 212 Å². The highest BCUT2D eigenvalue weighted by molar-refractivity contribution is 5.87. The van der Waals surface area contributed by atoms with Crippen molar-refractivity contribution in [3.05, 3.63) is 120 Å². The number of benzene rings is 4. The van der Waals surface area contributed by atoms with Gasteiger partial charge in [0.15, 0.2) is 0 Å². The Hall–Kier alpha value is -3.89. The summed E-state index contributed by atoms with van der Waals surface area (Å²) in [5, 5.41) is 10.5. The van der Waals surface area contributed by atoms with Gasteiger partial charge in [-0.15, -0.1) is 0 Å². The Morgan fingerprint density at radius 1 is 0.806 bits per heavy atom. The number of aromatic nitrogens is 1. The van der Waals surface area contributed by atoms with Gasteiger partial charge in [0, 0.05) is 29.6 Å². The second kappa shape index (κ2) is 10.8. The van der Waals surface area contributed by atoms with Crippen molar-refractivity contribution in [3.8, 4) is 0 Å². The van der Waals surface area contributed by atoms with Crippen LogP contribution in [0.3, 0.4) is 0 Å². The minimum atomic E-state index is -0.309. The maximum atomic E-state index is 13.0. The number of rotatable bonds is 9. The van der Waals surface area contributed by atoms with Crippen LogP contribution in [0.2, 0.25) is 0 Å². The third-order valence-electron chi connectivity index (χ3n) is 7.13. The predicted molar refractivity (Wildman–Crippen MR) is 149 cm³/mol. The second-order valence-electron chi connectivity index (χ2n) is 9.60. The number of fused-ring (bicyclic) bond motifs is 2. The third-order valence-corrected chi connectivity index (χ3v) is 7.13. The van der Waals surface area contributed by atoms with Crippen molar-refractivity contribution in [2.24, 2.45) is 0 Å². The normalized spacial score (nSPS) is 13.9. The standard InChI is InChI=1S/C32H33N3O/c1-22(24-11-4-3-5-12-24)35-32(36)23(2)33-20-26(19-27-21-34-31-18-9-8-16-30(27)31)29-17-10-14-25-13-6-7-15-28(25)29/h3-18,21-23,26,33-34H,19-20H2,1-2H3,(H,35,36). The summed E-state index contributed by atoms with van der Waals surface area (Å²) in [6.07, 6.45) is 3.00. The number of hydrogen-bond acceptors (Lipinski definition) is 2. The smallest absolute Gasteiger partial charge is 0.237 e. The van der Waals surface area contributed by atoms with Crippen molar-refractivity contribution in [1.29, 1.82) is 0 Å². The SMILES string of the molecule is CC(NCC(Cc1c[nH]c2ccccc12)c1cccc2ccccc12)C(=O)NC(C)c1ccccc1. The number of aromatic amines is 1. The molecular weight excluding hydrogens is 442 g/mol. The molecular formula is C32H33N3O. The molecule has 4 aromatic carbocycles. The molecule has 0 fully saturated rings. The van der Waals surface area contributed by atoms with Gasteiger partial charge in [0.25, 0.3) is 0 Å². The fourth-order valence-electron chi connectivity index (χ4n) is 5.04. The number of para-hydroxylation sites is 1. The molecule has 3 atom stereocenters. The molecule has 1 heterocycles. The molecule has 3 unspecified atom stereocenters. The van der Waals surface area contributed by atoms with Gasteiger partial charge in [-0.3, -0.25) is 4.79 Å². The molecule has 0 spiro atoms. The molecule has 0 bridgehead atoms. The molecule has 0 saturated heterocycles. The molecule has 182 valence electrons. The van der Waals surface area contributed by atoms with E-state index in [2.05, 4.69) is 88.5 Å². The van der Waals surface area contributed by atoms with E-state index < -0.39 is 0 Å². The number of amides is 1. The lowest BCUT2D eigenvalue weighted by Gasteiger charge is -2.23. The van der Waals surface area contributed by atoms with Crippen molar-refractivity contribution in [2.75, 3.05) is 6.54 Å². The molecule has 4 heteroatoms. The van der Waals surface area contributed by atoms with Crippen LogP contribution in [0, 0.1) is 0 Å². The molecule has 1 aromatic heterocycles. The van der Waals surface area contributed by atoms with Crippen molar-refractivity contribution in [2.45, 2.75) is 38.3 Å². The molecule has 0 saturated carbocycles. The zero-order chi connectivity index (χ0) is 24.9. The van der Waals surface area contributed by atoms with Gasteiger partial charge in [0.1, 0.15) is 0 Å². The second-order valence-corrected chi connectivity index (χ2v) is 9.60. The lowest BCUT2D eigenvalue weighted by Crippen LogP contribution is -2.44. The predicted octanol–water partition coefficient (Wildman–Crippen LogP) is 6.50. The van der Waals surface area contributed by atoms with E-state index >= 15 is 0 Å². The molecule has 5 rings (SSSR count). The van der Waals surface area contributed by atoms with Crippen LogP contribution in [0.4, 0.5) is 0 Å². The van der Waals surface area contributed by atoms with Crippen LogP contribution in [0.15, 0.2) is 103 Å². The summed E-state index contributed by atoms with van der Waals surface area (Å²) in [7, 11) is 0. The summed E-state index contributed by atoms with van der Waals surface area (Å²) in [6.45, 7) is 4.66. The van der Waals surface area contributed by atoms with Crippen LogP contribution in [-0.4, -0.2) is 23.5 Å². The fourth-order valence-corrected chi connectivity index (χ4v) is 5.04. The molecule has 5 aromatic rings. The van der Waals surface area contributed by atoms with Crippen LogP contribution < -0.4 is 10.6 Å². The van der Waals surface area contributed by atoms with Crippen molar-refractivity contribution in [3.63, 3.8) is 0 Å². The zero-order valence-corrected chi connectivity index (χ0v) is 20.9. The monoisotopic (exact) mass is 475 g/mol. The van der Waals surface area contributed by atoms with Gasteiger partial charge < -0.3 is 15.6 Å². The topological polar surface area (TPSA) is 56.9 Å². The average molecular weight is 476 g/mol. The third kappa shape index (κ3) is 5.19. The summed E-state index contributed by atoms with van der Waals surface area (Å²) in [5.41, 5.74) is 4.85. The number of carbonyl (C=O) groups excluding carboxylic acids is 1. The number of nitrogens with one attached hydrogen (secondary N) is 3. The van der Waals surface area contributed by atoms with Crippen molar-refractivity contribution < 1.29 is 4.79 Å². The molecule has 36 heavy (non-hydrogen) atoms. The molecule has 0 aliphatic carbocycles. The minimum Gasteiger partial charge on any atom is -0.361 e. The highest BCUT2D eigenvalue weighted by Crippen LogP contribution is 2.30. The maximum absolute atomic E-state index is 13.0. The Balaban J connectivity index is 1.36. The summed E-state index contributed by atoms with van der Waals surface area (Å²) >= 11 is 0. The van der Waals surface area contributed by atoms with E-state index in [0.717, 1.165) is 17.5 Å². The molecule has 4 nitrogen and oxygen atoms in total. The van der Waals surface area contributed by atoms with Crippen LogP contribution in [0.5, 0.6) is 0 Å². The molecule has 0 aliphatic rings. The van der Waals surface area contributed by atoms with Crippen LogP contribution in [0.1, 0.15) is 42.5 Å². The van der Waals surface area contributed by atoms with Crippen LogP contribution >= 0.6 is 0 Å². The van der Waals surface area contributed by atoms with Gasteiger partial charge in [-0.1, -0.05) is 91.0 Å². The van der Waals surface area contributed by atoms with E-state index in [1.165, 1.54) is 27.3 Å². The number of carbonyl (C=O) groups is 1. The number of hydrogen-bond donors (Lipinski definition) is 3. The fraction of sp³-hybridized carbons (Fsp3) is 0.219. The van der Waals surface area contributed by atoms with Gasteiger partial charge in [-0.05, 0) is 53.8 Å². The van der Waals surface area contributed by atoms with Crippen molar-refractivity contribution in [1.82, 2.24) is 15.6 Å². The van der Waals surface area contributed by atoms with Gasteiger partial charge >= 0.3 is 0 Å². The Morgan fingerprint density at radius 2 is 1.50 bits per heavy atom. The molecule has 0 aliphatic heterocycles. The molecule has 3 N–H and O–H groups in total. The first-order valence-corrected chi connectivity index (χ1v) is 12.7. The summed E-state index contributed by atoms with van der Waals surface area (Å²) < 4.78 is 0. The van der Waals surface area contributed by atoms with Gasteiger partial charge in [-0.25, -0.2) is 0 Å². The van der Waals surface area contributed by atoms with Gasteiger partial charge in [0.2, 0.25) is 5.91 Å². The van der Waals surface area contributed by atoms with Gasteiger partial charge in [-0.2, -0.15) is 0 Å². The summed E-state index contributed by atoms with van der Waals surface area (Å²) in [5.74, 6) is 0.215.